The van der Waals surface area contributed by atoms with Crippen LogP contribution in [-0.4, -0.2) is 17.6 Å². The topological polar surface area (TPSA) is 67.0 Å². The number of nitrogens with one attached hydrogen (secondary N) is 1. The van der Waals surface area contributed by atoms with Crippen LogP contribution < -0.4 is 5.32 Å². The van der Waals surface area contributed by atoms with Crippen molar-refractivity contribution in [3.63, 3.8) is 0 Å². The minimum Gasteiger partial charge on any atom is -0.467 e. The maximum Gasteiger partial charge on any atom is 0.235 e. The fraction of sp³-hybridized carbons (Fsp3) is 0.533. The van der Waals surface area contributed by atoms with E-state index in [2.05, 4.69) is 29.1 Å². The Morgan fingerprint density at radius 3 is 2.90 bits per heavy atom. The normalized spacial score (nSPS) is 21.2. The van der Waals surface area contributed by atoms with Gasteiger partial charge in [-0.25, -0.2) is 9.98 Å². The van der Waals surface area contributed by atoms with Crippen LogP contribution in [0.25, 0.3) is 0 Å². The van der Waals surface area contributed by atoms with Crippen LogP contribution in [0.15, 0.2) is 32.8 Å². The highest BCUT2D eigenvalue weighted by Crippen LogP contribution is 2.17. The molecule has 20 heavy (non-hydrogen) atoms. The van der Waals surface area contributed by atoms with Gasteiger partial charge in [0.05, 0.1) is 12.2 Å². The minimum atomic E-state index is -0.125. The van der Waals surface area contributed by atoms with Gasteiger partial charge in [0.2, 0.25) is 11.9 Å². The van der Waals surface area contributed by atoms with E-state index in [9.17, 15) is 4.79 Å². The molecule has 1 atom stereocenters. The zero-order valence-electron chi connectivity index (χ0n) is 12.2. The first-order valence-corrected chi connectivity index (χ1v) is 6.99. The van der Waals surface area contributed by atoms with Crippen LogP contribution in [0.1, 0.15) is 39.4 Å². The lowest BCUT2D eigenvalue weighted by atomic mass is 9.93. The predicted octanol–water partition coefficient (Wildman–Crippen LogP) is 2.78. The molecule has 1 aromatic rings. The highest BCUT2D eigenvalue weighted by atomic mass is 16.3. The molecule has 108 valence electrons. The van der Waals surface area contributed by atoms with Crippen LogP contribution >= 0.6 is 0 Å². The van der Waals surface area contributed by atoms with Gasteiger partial charge in [-0.1, -0.05) is 13.8 Å². The van der Waals surface area contributed by atoms with Gasteiger partial charge < -0.3 is 4.42 Å². The second kappa shape index (κ2) is 6.50. The first-order chi connectivity index (χ1) is 9.56. The van der Waals surface area contributed by atoms with E-state index in [0.29, 0.717) is 18.4 Å². The molecule has 0 aromatic carbocycles. The van der Waals surface area contributed by atoms with Crippen molar-refractivity contribution in [1.29, 1.82) is 0 Å². The lowest BCUT2D eigenvalue weighted by Gasteiger charge is -2.22. The van der Waals surface area contributed by atoms with Crippen molar-refractivity contribution in [3.8, 4) is 0 Å². The van der Waals surface area contributed by atoms with E-state index in [0.717, 1.165) is 24.3 Å². The summed E-state index contributed by atoms with van der Waals surface area (Å²) in [7, 11) is 0. The van der Waals surface area contributed by atoms with Gasteiger partial charge in [-0.15, -0.1) is 0 Å². The molecule has 0 bridgehead atoms. The Balaban J connectivity index is 2.01. The fourth-order valence-corrected chi connectivity index (χ4v) is 2.13. The van der Waals surface area contributed by atoms with E-state index in [1.165, 1.54) is 0 Å². The molecule has 0 saturated heterocycles. The van der Waals surface area contributed by atoms with Crippen LogP contribution in [0.4, 0.5) is 0 Å². The maximum atomic E-state index is 12.1. The molecule has 0 radical (unpaired) electrons. The van der Waals surface area contributed by atoms with Gasteiger partial charge in [0.15, 0.2) is 0 Å². The second-order valence-corrected chi connectivity index (χ2v) is 5.49. The molecule has 2 rings (SSSR count). The van der Waals surface area contributed by atoms with Crippen LogP contribution in [0, 0.1) is 11.8 Å². The zero-order valence-corrected chi connectivity index (χ0v) is 12.2. The zero-order chi connectivity index (χ0) is 14.5. The standard InChI is InChI=1S/C15H21N3O2/c1-10(2)6-7-13-11(3)17-15(18-14(13)19)16-9-12-5-4-8-20-12/h4-5,8,10,13H,6-7,9H2,1-3H3,(H,16,18,19). The number of nitrogens with zero attached hydrogens (tertiary/aromatic N) is 2. The van der Waals surface area contributed by atoms with Crippen molar-refractivity contribution in [2.45, 2.75) is 40.2 Å². The average Bonchev–Trinajstić information content (AvgIpc) is 2.88. The summed E-state index contributed by atoms with van der Waals surface area (Å²) in [6, 6.07) is 3.65. The van der Waals surface area contributed by atoms with Crippen molar-refractivity contribution in [2.75, 3.05) is 0 Å². The summed E-state index contributed by atoms with van der Waals surface area (Å²) in [6.45, 7) is 6.59. The molecule has 5 heteroatoms. The molecule has 1 aliphatic rings. The summed E-state index contributed by atoms with van der Waals surface area (Å²) >= 11 is 0. The van der Waals surface area contributed by atoms with Gasteiger partial charge in [0.25, 0.3) is 0 Å². The Morgan fingerprint density at radius 1 is 1.50 bits per heavy atom. The summed E-state index contributed by atoms with van der Waals surface area (Å²) in [4.78, 5) is 20.7. The van der Waals surface area contributed by atoms with Crippen molar-refractivity contribution in [3.05, 3.63) is 24.2 Å². The van der Waals surface area contributed by atoms with Crippen molar-refractivity contribution in [2.24, 2.45) is 21.8 Å². The van der Waals surface area contributed by atoms with Gasteiger partial charge in [-0.2, -0.15) is 0 Å². The van der Waals surface area contributed by atoms with Crippen LogP contribution in [0.2, 0.25) is 0 Å². The van der Waals surface area contributed by atoms with Crippen molar-refractivity contribution >= 4 is 17.6 Å². The number of guanidine groups is 1. The first kappa shape index (κ1) is 14.5. The van der Waals surface area contributed by atoms with Gasteiger partial charge in [0.1, 0.15) is 12.3 Å². The Kier molecular flexibility index (Phi) is 4.71. The third-order valence-corrected chi connectivity index (χ3v) is 3.34. The van der Waals surface area contributed by atoms with Crippen LogP contribution in [0.5, 0.6) is 0 Å². The number of aliphatic imine (C=N–C) groups is 2. The highest BCUT2D eigenvalue weighted by molar-refractivity contribution is 6.16. The predicted molar refractivity (Wildman–Crippen MR) is 78.7 cm³/mol. The molecule has 0 fully saturated rings. The molecule has 1 aromatic heterocycles. The summed E-state index contributed by atoms with van der Waals surface area (Å²) in [5.74, 6) is 1.59. The molecule has 0 saturated carbocycles. The summed E-state index contributed by atoms with van der Waals surface area (Å²) in [6.07, 6.45) is 3.46. The lowest BCUT2D eigenvalue weighted by molar-refractivity contribution is -0.122. The number of carbonyl (C=O) groups is 1. The monoisotopic (exact) mass is 275 g/mol. The molecule has 0 spiro atoms. The van der Waals surface area contributed by atoms with E-state index < -0.39 is 0 Å². The molecule has 5 nitrogen and oxygen atoms in total. The largest absolute Gasteiger partial charge is 0.467 e. The second-order valence-electron chi connectivity index (χ2n) is 5.49. The fourth-order valence-electron chi connectivity index (χ4n) is 2.13. The number of carbonyl (C=O) groups excluding carboxylic acids is 1. The molecule has 2 heterocycles. The average molecular weight is 275 g/mol. The van der Waals surface area contributed by atoms with E-state index >= 15 is 0 Å². The lowest BCUT2D eigenvalue weighted by Crippen LogP contribution is -2.43. The van der Waals surface area contributed by atoms with Crippen molar-refractivity contribution < 1.29 is 9.21 Å². The van der Waals surface area contributed by atoms with Gasteiger partial charge >= 0.3 is 0 Å². The highest BCUT2D eigenvalue weighted by Gasteiger charge is 2.27. The summed E-state index contributed by atoms with van der Waals surface area (Å²) in [5, 5.41) is 2.76. The Labute approximate surface area is 119 Å². The van der Waals surface area contributed by atoms with E-state index in [4.69, 9.17) is 4.42 Å². The molecular weight excluding hydrogens is 254 g/mol. The molecule has 1 amide bonds. The number of hydrogen-bond acceptors (Lipinski definition) is 3. The van der Waals surface area contributed by atoms with Crippen molar-refractivity contribution in [1.82, 2.24) is 5.32 Å². The van der Waals surface area contributed by atoms with E-state index in [1.54, 1.807) is 6.26 Å². The SMILES string of the molecule is CC1=NC(=NCc2ccco2)NC(=O)C1CCC(C)C. The smallest absolute Gasteiger partial charge is 0.235 e. The molecular formula is C15H21N3O2. The molecule has 1 unspecified atom stereocenters. The molecule has 0 aliphatic carbocycles. The summed E-state index contributed by atoms with van der Waals surface area (Å²) < 4.78 is 5.20. The van der Waals surface area contributed by atoms with E-state index in [-0.39, 0.29) is 11.8 Å². The van der Waals surface area contributed by atoms with Gasteiger partial charge in [0, 0.05) is 5.71 Å². The number of amides is 1. The van der Waals surface area contributed by atoms with Gasteiger partial charge in [-0.3, -0.25) is 10.1 Å². The van der Waals surface area contributed by atoms with Gasteiger partial charge in [-0.05, 0) is 37.8 Å². The van der Waals surface area contributed by atoms with Crippen LogP contribution in [-0.2, 0) is 11.3 Å². The minimum absolute atomic E-state index is 0.00338. The molecule has 1 aliphatic heterocycles. The van der Waals surface area contributed by atoms with Crippen LogP contribution in [0.3, 0.4) is 0 Å². The Hall–Kier alpha value is -1.91. The Bertz CT molecular complexity index is 515. The number of rotatable bonds is 5. The molecule has 1 N–H and O–H groups in total. The van der Waals surface area contributed by atoms with E-state index in [1.807, 2.05) is 19.1 Å². The summed E-state index contributed by atoms with van der Waals surface area (Å²) in [5.41, 5.74) is 0.840. The number of furan rings is 1. The third kappa shape index (κ3) is 3.79. The first-order valence-electron chi connectivity index (χ1n) is 6.99. The quantitative estimate of drug-likeness (QED) is 0.897. The maximum absolute atomic E-state index is 12.1. The Morgan fingerprint density at radius 2 is 2.30 bits per heavy atom. The number of hydrogen-bond donors (Lipinski definition) is 1. The third-order valence-electron chi connectivity index (χ3n) is 3.34.